The maximum Gasteiger partial charge on any atom is -0.00261 e. The molecule has 0 aromatic heterocycles. The summed E-state index contributed by atoms with van der Waals surface area (Å²) in [7, 11) is 0. The van der Waals surface area contributed by atoms with Crippen molar-refractivity contribution in [3.8, 4) is 66.8 Å². The molecule has 348 valence electrons. The van der Waals surface area contributed by atoms with E-state index < -0.39 is 0 Å². The molecule has 0 heterocycles. The summed E-state index contributed by atoms with van der Waals surface area (Å²) in [6.07, 6.45) is 0. The Bertz CT molecular complexity index is 4410. The molecule has 0 atom stereocenters. The Morgan fingerprint density at radius 3 is 0.959 bits per heavy atom. The van der Waals surface area contributed by atoms with Gasteiger partial charge in [0.1, 0.15) is 0 Å². The zero-order valence-corrected chi connectivity index (χ0v) is 41.6. The van der Waals surface area contributed by atoms with E-state index in [1.165, 1.54) is 143 Å². The molecule has 0 heteroatoms. The van der Waals surface area contributed by atoms with E-state index in [-0.39, 0.29) is 0 Å². The summed E-state index contributed by atoms with van der Waals surface area (Å²) in [6, 6.07) is 102. The third-order valence-electron chi connectivity index (χ3n) is 15.0. The highest BCUT2D eigenvalue weighted by Crippen LogP contribution is 2.47. The van der Waals surface area contributed by atoms with Crippen LogP contribution in [0.3, 0.4) is 0 Å². The predicted octanol–water partition coefficient (Wildman–Crippen LogP) is 20.9. The van der Waals surface area contributed by atoms with Gasteiger partial charge in [0, 0.05) is 0 Å². The van der Waals surface area contributed by atoms with Crippen LogP contribution in [0.15, 0.2) is 279 Å². The molecule has 0 aliphatic carbocycles. The largest absolute Gasteiger partial charge is 0.0622 e. The molecule has 0 spiro atoms. The first-order chi connectivity index (χ1) is 36.5. The van der Waals surface area contributed by atoms with Gasteiger partial charge in [-0.25, -0.2) is 0 Å². The molecule has 0 saturated heterocycles. The highest BCUT2D eigenvalue weighted by atomic mass is 14.2. The smallest absolute Gasteiger partial charge is 0.00261 e. The Hall–Kier alpha value is -9.36. The summed E-state index contributed by atoms with van der Waals surface area (Å²) < 4.78 is 0. The second kappa shape index (κ2) is 19.0. The number of benzene rings is 14. The first-order valence-corrected chi connectivity index (χ1v) is 25.7. The highest BCUT2D eigenvalue weighted by molar-refractivity contribution is 6.23. The van der Waals surface area contributed by atoms with E-state index in [9.17, 15) is 0 Å². The van der Waals surface area contributed by atoms with E-state index in [0.29, 0.717) is 0 Å². The zero-order chi connectivity index (χ0) is 49.5. The van der Waals surface area contributed by atoms with Crippen molar-refractivity contribution >= 4 is 64.6 Å². The lowest BCUT2D eigenvalue weighted by molar-refractivity contribution is 1.51. The number of hydrogen-bond donors (Lipinski definition) is 0. The van der Waals surface area contributed by atoms with Crippen molar-refractivity contribution in [1.82, 2.24) is 0 Å². The van der Waals surface area contributed by atoms with E-state index in [4.69, 9.17) is 0 Å². The van der Waals surface area contributed by atoms with Crippen LogP contribution < -0.4 is 0 Å². The molecule has 14 aromatic rings. The van der Waals surface area contributed by atoms with E-state index in [1.807, 2.05) is 0 Å². The Balaban J connectivity index is 0.000000143. The predicted molar refractivity (Wildman–Crippen MR) is 320 cm³/mol. The summed E-state index contributed by atoms with van der Waals surface area (Å²) >= 11 is 0. The molecule has 0 unspecified atom stereocenters. The van der Waals surface area contributed by atoms with E-state index in [0.717, 1.165) is 0 Å². The molecular weight excluding hydrogens is 889 g/mol. The van der Waals surface area contributed by atoms with Crippen molar-refractivity contribution in [2.45, 2.75) is 13.8 Å². The van der Waals surface area contributed by atoms with Crippen LogP contribution in [0.2, 0.25) is 0 Å². The standard InChI is InChI=1S/2C37H26/c1-25-18-21-34-35(22-25)37(31-20-19-27-12-5-6-13-28(27)24-31)33-17-8-7-16-32(33)36(34)30-15-9-14-29(23-30)26-10-3-2-4-11-26;1-25-15-22-34-35(23-25)36(29-19-16-28(17-20-29)26-9-3-2-4-10-26)32-13-7-8-14-33(32)37(34)31-21-18-27-11-5-6-12-30(27)24-31/h2*2-24H,1H3. The fourth-order valence-electron chi connectivity index (χ4n) is 11.5. The molecule has 0 fully saturated rings. The second-order valence-electron chi connectivity index (χ2n) is 19.7. The first-order valence-electron chi connectivity index (χ1n) is 25.7. The van der Waals surface area contributed by atoms with E-state index in [1.54, 1.807) is 0 Å². The zero-order valence-electron chi connectivity index (χ0n) is 41.6. The lowest BCUT2D eigenvalue weighted by Crippen LogP contribution is -1.92. The molecule has 0 aliphatic rings. The highest BCUT2D eigenvalue weighted by Gasteiger charge is 2.19. The third kappa shape index (κ3) is 8.17. The average Bonchev–Trinajstić information content (AvgIpc) is 3.51. The van der Waals surface area contributed by atoms with Gasteiger partial charge in [-0.3, -0.25) is 0 Å². The van der Waals surface area contributed by atoms with Crippen molar-refractivity contribution in [3.05, 3.63) is 290 Å². The van der Waals surface area contributed by atoms with Crippen LogP contribution >= 0.6 is 0 Å². The van der Waals surface area contributed by atoms with Crippen molar-refractivity contribution in [2.75, 3.05) is 0 Å². The van der Waals surface area contributed by atoms with Crippen LogP contribution in [0.5, 0.6) is 0 Å². The molecule has 0 nitrogen and oxygen atoms in total. The SMILES string of the molecule is Cc1ccc2c(-c3ccc4ccccc4c3)c3ccccc3c(-c3ccc(-c4ccccc4)cc3)c2c1.Cc1ccc2c(-c3cccc(-c4ccccc4)c3)c3ccccc3c(-c3ccc4ccccc4c3)c2c1. The van der Waals surface area contributed by atoms with Crippen molar-refractivity contribution < 1.29 is 0 Å². The number of fused-ring (bicyclic) bond motifs is 6. The van der Waals surface area contributed by atoms with Crippen molar-refractivity contribution in [2.24, 2.45) is 0 Å². The summed E-state index contributed by atoms with van der Waals surface area (Å²) in [5, 5.41) is 15.4. The average molecular weight is 941 g/mol. The van der Waals surface area contributed by atoms with Crippen LogP contribution in [-0.4, -0.2) is 0 Å². The minimum atomic E-state index is 1.24. The quantitative estimate of drug-likeness (QED) is 0.146. The summed E-state index contributed by atoms with van der Waals surface area (Å²) in [5.74, 6) is 0. The third-order valence-corrected chi connectivity index (χ3v) is 15.0. The summed E-state index contributed by atoms with van der Waals surface area (Å²) in [4.78, 5) is 0. The second-order valence-corrected chi connectivity index (χ2v) is 19.7. The molecule has 0 aliphatic heterocycles. The van der Waals surface area contributed by atoms with Crippen molar-refractivity contribution in [1.29, 1.82) is 0 Å². The minimum Gasteiger partial charge on any atom is -0.0622 e. The topological polar surface area (TPSA) is 0 Å². The van der Waals surface area contributed by atoms with Crippen LogP contribution in [0.4, 0.5) is 0 Å². The Morgan fingerprint density at radius 2 is 0.473 bits per heavy atom. The molecule has 0 N–H and O–H groups in total. The Labute approximate surface area is 433 Å². The van der Waals surface area contributed by atoms with Crippen molar-refractivity contribution in [3.63, 3.8) is 0 Å². The molecular formula is C74H52. The first kappa shape index (κ1) is 44.6. The van der Waals surface area contributed by atoms with Gasteiger partial charge in [0.05, 0.1) is 0 Å². The molecule has 14 rings (SSSR count). The molecule has 74 heavy (non-hydrogen) atoms. The van der Waals surface area contributed by atoms with Crippen LogP contribution in [-0.2, 0) is 0 Å². The fraction of sp³-hybridized carbons (Fsp3) is 0.0270. The normalized spacial score (nSPS) is 11.4. The van der Waals surface area contributed by atoms with Gasteiger partial charge >= 0.3 is 0 Å². The minimum absolute atomic E-state index is 1.24. The molecule has 0 amide bonds. The van der Waals surface area contributed by atoms with Crippen LogP contribution in [0, 0.1) is 13.8 Å². The van der Waals surface area contributed by atoms with Gasteiger partial charge in [-0.05, 0) is 163 Å². The molecule has 0 bridgehead atoms. The maximum atomic E-state index is 2.36. The maximum absolute atomic E-state index is 2.36. The van der Waals surface area contributed by atoms with Gasteiger partial charge in [-0.2, -0.15) is 0 Å². The van der Waals surface area contributed by atoms with Gasteiger partial charge < -0.3 is 0 Å². The van der Waals surface area contributed by atoms with Gasteiger partial charge in [0.2, 0.25) is 0 Å². The van der Waals surface area contributed by atoms with E-state index in [2.05, 4.69) is 293 Å². The number of rotatable bonds is 6. The van der Waals surface area contributed by atoms with Gasteiger partial charge in [-0.1, -0.05) is 272 Å². The molecule has 0 radical (unpaired) electrons. The van der Waals surface area contributed by atoms with E-state index >= 15 is 0 Å². The lowest BCUT2D eigenvalue weighted by atomic mass is 9.84. The van der Waals surface area contributed by atoms with Gasteiger partial charge in [-0.15, -0.1) is 0 Å². The Morgan fingerprint density at radius 1 is 0.162 bits per heavy atom. The summed E-state index contributed by atoms with van der Waals surface area (Å²) in [6.45, 7) is 4.38. The monoisotopic (exact) mass is 940 g/mol. The van der Waals surface area contributed by atoms with Crippen LogP contribution in [0.1, 0.15) is 11.1 Å². The van der Waals surface area contributed by atoms with Gasteiger partial charge in [0.25, 0.3) is 0 Å². The lowest BCUT2D eigenvalue weighted by Gasteiger charge is -2.19. The summed E-state index contributed by atoms with van der Waals surface area (Å²) in [5.41, 5.74) is 17.7. The van der Waals surface area contributed by atoms with Gasteiger partial charge in [0.15, 0.2) is 0 Å². The number of hydrogen-bond acceptors (Lipinski definition) is 0. The Kier molecular flexibility index (Phi) is 11.4. The van der Waals surface area contributed by atoms with Crippen LogP contribution in [0.25, 0.3) is 131 Å². The fourth-order valence-corrected chi connectivity index (χ4v) is 11.5. The molecule has 14 aromatic carbocycles. The molecule has 0 saturated carbocycles. The number of aryl methyl sites for hydroxylation is 2.